The maximum atomic E-state index is 12.0. The number of amides is 1. The molecule has 4 heteroatoms. The molecule has 0 fully saturated rings. The number of nitrogens with zero attached hydrogens (tertiary/aromatic N) is 1. The Bertz CT molecular complexity index is 762. The summed E-state index contributed by atoms with van der Waals surface area (Å²) in [6.45, 7) is 8.25. The van der Waals surface area contributed by atoms with Crippen molar-refractivity contribution < 1.29 is 4.79 Å². The van der Waals surface area contributed by atoms with Gasteiger partial charge in [0.15, 0.2) is 0 Å². The van der Waals surface area contributed by atoms with Crippen molar-refractivity contribution >= 4 is 22.6 Å². The zero-order chi connectivity index (χ0) is 19.9. The quantitative estimate of drug-likeness (QED) is 0.599. The fourth-order valence-electron chi connectivity index (χ4n) is 3.38. The molecule has 0 aliphatic carbocycles. The van der Waals surface area contributed by atoms with Crippen molar-refractivity contribution in [3.05, 3.63) is 35.4 Å². The summed E-state index contributed by atoms with van der Waals surface area (Å²) in [6.07, 6.45) is 7.99. The Morgan fingerprint density at radius 2 is 1.78 bits per heavy atom. The lowest BCUT2D eigenvalue weighted by atomic mass is 9.99. The zero-order valence-corrected chi connectivity index (χ0v) is 17.4. The van der Waals surface area contributed by atoms with Gasteiger partial charge in [0.05, 0.1) is 5.52 Å². The number of carbonyl (C=O) groups is 1. The van der Waals surface area contributed by atoms with Crippen molar-refractivity contribution in [2.45, 2.75) is 84.6 Å². The van der Waals surface area contributed by atoms with E-state index >= 15 is 0 Å². The van der Waals surface area contributed by atoms with Crippen LogP contribution in [-0.2, 0) is 17.6 Å². The number of unbranched alkanes of at least 4 members (excludes halogenated alkanes) is 3. The van der Waals surface area contributed by atoms with E-state index in [2.05, 4.69) is 29.4 Å². The van der Waals surface area contributed by atoms with Gasteiger partial charge in [-0.05, 0) is 76.1 Å². The molecule has 148 valence electrons. The van der Waals surface area contributed by atoms with Gasteiger partial charge in [-0.2, -0.15) is 0 Å². The van der Waals surface area contributed by atoms with E-state index < -0.39 is 0 Å². The van der Waals surface area contributed by atoms with Crippen LogP contribution in [0.15, 0.2) is 24.3 Å². The number of aromatic nitrogens is 1. The van der Waals surface area contributed by atoms with E-state index in [1.54, 1.807) is 0 Å². The van der Waals surface area contributed by atoms with Crippen LogP contribution >= 0.6 is 0 Å². The normalized spacial score (nSPS) is 11.7. The number of anilines is 1. The summed E-state index contributed by atoms with van der Waals surface area (Å²) in [6, 6.07) is 8.48. The predicted molar refractivity (Wildman–Crippen MR) is 115 cm³/mol. The highest BCUT2D eigenvalue weighted by Gasteiger charge is 2.13. The molecule has 0 bridgehead atoms. The Balaban J connectivity index is 2.00. The van der Waals surface area contributed by atoms with Crippen molar-refractivity contribution in [3.8, 4) is 0 Å². The lowest BCUT2D eigenvalue weighted by molar-refractivity contribution is -0.122. The first-order valence-corrected chi connectivity index (χ1v) is 10.3. The average Bonchev–Trinajstić information content (AvgIpc) is 2.58. The van der Waals surface area contributed by atoms with Gasteiger partial charge < -0.3 is 11.1 Å². The molecule has 27 heavy (non-hydrogen) atoms. The van der Waals surface area contributed by atoms with Gasteiger partial charge >= 0.3 is 0 Å². The molecule has 0 radical (unpaired) electrons. The Kier molecular flexibility index (Phi) is 7.64. The highest BCUT2D eigenvalue weighted by molar-refractivity contribution is 5.84. The van der Waals surface area contributed by atoms with Gasteiger partial charge in [-0.3, -0.25) is 4.79 Å². The van der Waals surface area contributed by atoms with Crippen molar-refractivity contribution in [1.29, 1.82) is 0 Å². The number of rotatable bonds is 9. The monoisotopic (exact) mass is 369 g/mol. The summed E-state index contributed by atoms with van der Waals surface area (Å²) in [7, 11) is 0. The Morgan fingerprint density at radius 1 is 1.07 bits per heavy atom. The molecule has 0 spiro atoms. The number of benzene rings is 1. The second-order valence-electron chi connectivity index (χ2n) is 8.48. The predicted octanol–water partition coefficient (Wildman–Crippen LogP) is 5.18. The fourth-order valence-corrected chi connectivity index (χ4v) is 3.38. The SMILES string of the molecule is CCCCCc1cc2c(CCCCC(=O)NC(C)(C)C)cccc2nc1N. The first kappa shape index (κ1) is 21.2. The van der Waals surface area contributed by atoms with Crippen molar-refractivity contribution in [2.24, 2.45) is 0 Å². The maximum Gasteiger partial charge on any atom is 0.220 e. The molecule has 0 saturated heterocycles. The summed E-state index contributed by atoms with van der Waals surface area (Å²) < 4.78 is 0. The number of nitrogens with two attached hydrogens (primary N) is 1. The Labute approximate surface area is 163 Å². The average molecular weight is 370 g/mol. The van der Waals surface area contributed by atoms with E-state index in [4.69, 9.17) is 5.73 Å². The molecule has 1 aromatic carbocycles. The highest BCUT2D eigenvalue weighted by atomic mass is 16.1. The number of hydrogen-bond donors (Lipinski definition) is 2. The van der Waals surface area contributed by atoms with Crippen LogP contribution in [0.2, 0.25) is 0 Å². The van der Waals surface area contributed by atoms with E-state index in [-0.39, 0.29) is 11.4 Å². The molecule has 3 N–H and O–H groups in total. The molecule has 0 atom stereocenters. The van der Waals surface area contributed by atoms with Crippen LogP contribution in [-0.4, -0.2) is 16.4 Å². The summed E-state index contributed by atoms with van der Waals surface area (Å²) >= 11 is 0. The third-order valence-corrected chi connectivity index (χ3v) is 4.73. The maximum absolute atomic E-state index is 12.0. The third kappa shape index (κ3) is 6.85. The molecule has 1 amide bonds. The first-order valence-electron chi connectivity index (χ1n) is 10.3. The number of fused-ring (bicyclic) bond motifs is 1. The topological polar surface area (TPSA) is 68.0 Å². The lowest BCUT2D eigenvalue weighted by Gasteiger charge is -2.20. The third-order valence-electron chi connectivity index (χ3n) is 4.73. The zero-order valence-electron chi connectivity index (χ0n) is 17.4. The standard InChI is InChI=1S/C23H35N3O/c1-5-6-7-12-18-16-19-17(13-10-14-20(19)25-22(18)24)11-8-9-15-21(27)26-23(2,3)4/h10,13-14,16H,5-9,11-12,15H2,1-4H3,(H2,24,25)(H,26,27). The molecule has 4 nitrogen and oxygen atoms in total. The van der Waals surface area contributed by atoms with Gasteiger partial charge in [0.25, 0.3) is 0 Å². The van der Waals surface area contributed by atoms with Gasteiger partial charge in [-0.15, -0.1) is 0 Å². The van der Waals surface area contributed by atoms with Gasteiger partial charge in [0.1, 0.15) is 5.82 Å². The van der Waals surface area contributed by atoms with E-state index in [9.17, 15) is 4.79 Å². The number of aryl methyl sites for hydroxylation is 2. The van der Waals surface area contributed by atoms with Gasteiger partial charge in [0.2, 0.25) is 5.91 Å². The van der Waals surface area contributed by atoms with Gasteiger partial charge in [-0.25, -0.2) is 4.98 Å². The Morgan fingerprint density at radius 3 is 2.48 bits per heavy atom. The van der Waals surface area contributed by atoms with Gasteiger partial charge in [-0.1, -0.05) is 31.9 Å². The minimum Gasteiger partial charge on any atom is -0.383 e. The highest BCUT2D eigenvalue weighted by Crippen LogP contribution is 2.24. The van der Waals surface area contributed by atoms with Crippen molar-refractivity contribution in [2.75, 3.05) is 5.73 Å². The number of carbonyl (C=O) groups excluding carboxylic acids is 1. The van der Waals surface area contributed by atoms with Crippen molar-refractivity contribution in [3.63, 3.8) is 0 Å². The molecule has 2 aromatic rings. The largest absolute Gasteiger partial charge is 0.383 e. The second kappa shape index (κ2) is 9.72. The van der Waals surface area contributed by atoms with Crippen molar-refractivity contribution in [1.82, 2.24) is 10.3 Å². The molecular formula is C23H35N3O. The minimum atomic E-state index is -0.160. The lowest BCUT2D eigenvalue weighted by Crippen LogP contribution is -2.40. The molecule has 2 rings (SSSR count). The summed E-state index contributed by atoms with van der Waals surface area (Å²) in [5, 5.41) is 4.23. The van der Waals surface area contributed by atoms with Crippen LogP contribution in [0.5, 0.6) is 0 Å². The summed E-state index contributed by atoms with van der Waals surface area (Å²) in [4.78, 5) is 16.6. The summed E-state index contributed by atoms with van der Waals surface area (Å²) in [5.41, 5.74) is 9.44. The minimum absolute atomic E-state index is 0.132. The van der Waals surface area contributed by atoms with E-state index in [1.807, 2.05) is 32.9 Å². The molecule has 1 aromatic heterocycles. The van der Waals surface area contributed by atoms with Crippen LogP contribution in [0, 0.1) is 0 Å². The molecule has 0 saturated carbocycles. The smallest absolute Gasteiger partial charge is 0.220 e. The number of nitrogen functional groups attached to an aromatic ring is 1. The Hall–Kier alpha value is -2.10. The number of hydrogen-bond acceptors (Lipinski definition) is 3. The van der Waals surface area contributed by atoms with Crippen LogP contribution in [0.25, 0.3) is 10.9 Å². The van der Waals surface area contributed by atoms with Crippen LogP contribution in [0.4, 0.5) is 5.82 Å². The van der Waals surface area contributed by atoms with E-state index in [0.717, 1.165) is 43.2 Å². The summed E-state index contributed by atoms with van der Waals surface area (Å²) in [5.74, 6) is 0.794. The van der Waals surface area contributed by atoms with Gasteiger partial charge in [0, 0.05) is 17.3 Å². The van der Waals surface area contributed by atoms with Crippen LogP contribution < -0.4 is 11.1 Å². The molecular weight excluding hydrogens is 334 g/mol. The molecule has 0 aliphatic rings. The van der Waals surface area contributed by atoms with Crippen LogP contribution in [0.3, 0.4) is 0 Å². The molecule has 0 aliphatic heterocycles. The van der Waals surface area contributed by atoms with E-state index in [1.165, 1.54) is 23.8 Å². The second-order valence-corrected chi connectivity index (χ2v) is 8.48. The van der Waals surface area contributed by atoms with E-state index in [0.29, 0.717) is 12.2 Å². The van der Waals surface area contributed by atoms with Crippen LogP contribution in [0.1, 0.15) is 77.3 Å². The number of pyridine rings is 1. The number of nitrogens with one attached hydrogen (secondary N) is 1. The molecule has 1 heterocycles. The fraction of sp³-hybridized carbons (Fsp3) is 0.565. The first-order chi connectivity index (χ1) is 12.8. The molecule has 0 unspecified atom stereocenters.